The topological polar surface area (TPSA) is 89.1 Å². The molecule has 0 aliphatic rings. The van der Waals surface area contributed by atoms with Gasteiger partial charge < -0.3 is 19.8 Å². The fourth-order valence-electron chi connectivity index (χ4n) is 3.07. The van der Waals surface area contributed by atoms with E-state index in [0.29, 0.717) is 33.8 Å². The Morgan fingerprint density at radius 1 is 1.12 bits per heavy atom. The molecular formula is C22H17F3N4O3. The van der Waals surface area contributed by atoms with E-state index < -0.39 is 12.3 Å². The highest BCUT2D eigenvalue weighted by Crippen LogP contribution is 2.24. The summed E-state index contributed by atoms with van der Waals surface area (Å²) in [5.41, 5.74) is 3.13. The summed E-state index contributed by atoms with van der Waals surface area (Å²) < 4.78 is 45.8. The molecule has 2 aromatic heterocycles. The van der Waals surface area contributed by atoms with Crippen LogP contribution in [-0.4, -0.2) is 34.4 Å². The maximum atomic E-state index is 12.4. The predicted molar refractivity (Wildman–Crippen MR) is 111 cm³/mol. The Balaban J connectivity index is 1.44. The number of esters is 1. The van der Waals surface area contributed by atoms with Crippen LogP contribution in [0.15, 0.2) is 60.8 Å². The summed E-state index contributed by atoms with van der Waals surface area (Å²) in [6.45, 7) is 0.266. The van der Waals surface area contributed by atoms with Gasteiger partial charge >= 0.3 is 12.3 Å². The number of imidazole rings is 1. The minimum Gasteiger partial charge on any atom is -0.465 e. The summed E-state index contributed by atoms with van der Waals surface area (Å²) >= 11 is 0. The molecule has 0 saturated carbocycles. The van der Waals surface area contributed by atoms with Crippen LogP contribution in [0.2, 0.25) is 0 Å². The third kappa shape index (κ3) is 4.97. The van der Waals surface area contributed by atoms with E-state index >= 15 is 0 Å². The van der Waals surface area contributed by atoms with Gasteiger partial charge in [0, 0.05) is 18.3 Å². The number of H-pyrrole nitrogens is 1. The van der Waals surface area contributed by atoms with Gasteiger partial charge in [-0.2, -0.15) is 0 Å². The molecule has 0 aliphatic carbocycles. The largest absolute Gasteiger partial charge is 0.573 e. The Morgan fingerprint density at radius 2 is 1.97 bits per heavy atom. The minimum atomic E-state index is -4.74. The SMILES string of the molecule is COC(=O)c1ccc2nc(-c3ccc(NCc4cccc(OC(F)(F)F)c4)nc3)[nH]c2c1. The van der Waals surface area contributed by atoms with E-state index in [1.54, 1.807) is 42.6 Å². The van der Waals surface area contributed by atoms with Crippen molar-refractivity contribution in [2.45, 2.75) is 12.9 Å². The van der Waals surface area contributed by atoms with Crippen molar-refractivity contribution in [3.8, 4) is 17.1 Å². The number of benzene rings is 2. The molecule has 0 fully saturated rings. The lowest BCUT2D eigenvalue weighted by molar-refractivity contribution is -0.274. The van der Waals surface area contributed by atoms with Crippen molar-refractivity contribution in [3.63, 3.8) is 0 Å². The second-order valence-corrected chi connectivity index (χ2v) is 6.79. The number of aromatic amines is 1. The molecule has 2 N–H and O–H groups in total. The van der Waals surface area contributed by atoms with Gasteiger partial charge in [0.25, 0.3) is 0 Å². The second kappa shape index (κ2) is 8.58. The van der Waals surface area contributed by atoms with Crippen LogP contribution < -0.4 is 10.1 Å². The van der Waals surface area contributed by atoms with Gasteiger partial charge in [-0.05, 0) is 48.0 Å². The van der Waals surface area contributed by atoms with E-state index in [9.17, 15) is 18.0 Å². The van der Waals surface area contributed by atoms with Crippen molar-refractivity contribution in [2.24, 2.45) is 0 Å². The van der Waals surface area contributed by atoms with Gasteiger partial charge in [-0.25, -0.2) is 14.8 Å². The van der Waals surface area contributed by atoms with Crippen LogP contribution in [0.4, 0.5) is 19.0 Å². The standard InChI is InChI=1S/C22H17F3N4O3/c1-31-21(30)14-5-7-17-18(10-14)29-20(28-17)15-6-8-19(27-12-15)26-11-13-3-2-4-16(9-13)32-22(23,24)25/h2-10,12H,11H2,1H3,(H,26,27)(H,28,29). The lowest BCUT2D eigenvalue weighted by atomic mass is 10.2. The number of aromatic nitrogens is 3. The Kier molecular flexibility index (Phi) is 5.67. The number of hydrogen-bond acceptors (Lipinski definition) is 6. The van der Waals surface area contributed by atoms with Crippen LogP contribution in [-0.2, 0) is 11.3 Å². The molecule has 4 rings (SSSR count). The summed E-state index contributed by atoms with van der Waals surface area (Å²) in [7, 11) is 1.32. The van der Waals surface area contributed by atoms with Gasteiger partial charge in [-0.3, -0.25) is 0 Å². The number of anilines is 1. The number of carbonyl (C=O) groups is 1. The third-order valence-electron chi connectivity index (χ3n) is 4.55. The molecule has 0 unspecified atom stereocenters. The van der Waals surface area contributed by atoms with Crippen molar-refractivity contribution in [3.05, 3.63) is 71.9 Å². The smallest absolute Gasteiger partial charge is 0.465 e. The number of carbonyl (C=O) groups excluding carboxylic acids is 1. The second-order valence-electron chi connectivity index (χ2n) is 6.79. The zero-order chi connectivity index (χ0) is 22.7. The highest BCUT2D eigenvalue weighted by molar-refractivity contribution is 5.94. The number of methoxy groups -OCH3 is 1. The van der Waals surface area contributed by atoms with Gasteiger partial charge in [0.15, 0.2) is 0 Å². The molecule has 7 nitrogen and oxygen atoms in total. The number of fused-ring (bicyclic) bond motifs is 1. The normalized spacial score (nSPS) is 11.4. The highest BCUT2D eigenvalue weighted by atomic mass is 19.4. The van der Waals surface area contributed by atoms with Crippen molar-refractivity contribution in [1.82, 2.24) is 15.0 Å². The van der Waals surface area contributed by atoms with Crippen LogP contribution in [0.25, 0.3) is 22.4 Å². The molecule has 0 atom stereocenters. The molecule has 32 heavy (non-hydrogen) atoms. The Bertz CT molecular complexity index is 1250. The molecule has 0 saturated heterocycles. The average molecular weight is 442 g/mol. The fourth-order valence-corrected chi connectivity index (χ4v) is 3.07. The summed E-state index contributed by atoms with van der Waals surface area (Å²) in [4.78, 5) is 23.7. The zero-order valence-electron chi connectivity index (χ0n) is 16.7. The van der Waals surface area contributed by atoms with Gasteiger partial charge in [-0.15, -0.1) is 13.2 Å². The van der Waals surface area contributed by atoms with Gasteiger partial charge in [0.1, 0.15) is 17.4 Å². The van der Waals surface area contributed by atoms with E-state index in [-0.39, 0.29) is 12.3 Å². The number of nitrogens with zero attached hydrogens (tertiary/aromatic N) is 2. The van der Waals surface area contributed by atoms with Crippen molar-refractivity contribution < 1.29 is 27.4 Å². The van der Waals surface area contributed by atoms with E-state index in [1.165, 1.54) is 25.3 Å². The van der Waals surface area contributed by atoms with E-state index in [1.807, 2.05) is 0 Å². The van der Waals surface area contributed by atoms with Crippen LogP contribution >= 0.6 is 0 Å². The minimum absolute atomic E-state index is 0.266. The number of rotatable bonds is 6. The van der Waals surface area contributed by atoms with E-state index in [0.717, 1.165) is 5.56 Å². The Labute approximate surface area is 180 Å². The zero-order valence-corrected chi connectivity index (χ0v) is 16.7. The lowest BCUT2D eigenvalue weighted by Gasteiger charge is -2.11. The first-order valence-electron chi connectivity index (χ1n) is 9.44. The number of alkyl halides is 3. The Morgan fingerprint density at radius 3 is 2.69 bits per heavy atom. The maximum Gasteiger partial charge on any atom is 0.573 e. The molecule has 2 aromatic carbocycles. The molecule has 0 bridgehead atoms. The number of ether oxygens (including phenoxy) is 2. The number of halogens is 3. The molecule has 0 amide bonds. The number of nitrogens with one attached hydrogen (secondary N) is 2. The molecule has 2 heterocycles. The van der Waals surface area contributed by atoms with Crippen molar-refractivity contribution in [1.29, 1.82) is 0 Å². The quantitative estimate of drug-likeness (QED) is 0.412. The maximum absolute atomic E-state index is 12.4. The summed E-state index contributed by atoms with van der Waals surface area (Å²) in [6.07, 6.45) is -3.12. The summed E-state index contributed by atoms with van der Waals surface area (Å²) in [6, 6.07) is 14.3. The van der Waals surface area contributed by atoms with E-state index in [2.05, 4.69) is 25.0 Å². The highest BCUT2D eigenvalue weighted by Gasteiger charge is 2.31. The lowest BCUT2D eigenvalue weighted by Crippen LogP contribution is -2.17. The molecule has 0 radical (unpaired) electrons. The molecule has 10 heteroatoms. The summed E-state index contributed by atoms with van der Waals surface area (Å²) in [5, 5.41) is 3.05. The van der Waals surface area contributed by atoms with Crippen LogP contribution in [0.1, 0.15) is 15.9 Å². The molecule has 4 aromatic rings. The van der Waals surface area contributed by atoms with Gasteiger partial charge in [0.2, 0.25) is 0 Å². The van der Waals surface area contributed by atoms with Crippen LogP contribution in [0.3, 0.4) is 0 Å². The van der Waals surface area contributed by atoms with Crippen molar-refractivity contribution >= 4 is 22.8 Å². The number of hydrogen-bond donors (Lipinski definition) is 2. The molecular weight excluding hydrogens is 425 g/mol. The van der Waals surface area contributed by atoms with Crippen molar-refractivity contribution in [2.75, 3.05) is 12.4 Å². The first kappa shape index (κ1) is 21.2. The fraction of sp³-hybridized carbons (Fsp3) is 0.136. The summed E-state index contributed by atoms with van der Waals surface area (Å²) in [5.74, 6) is 0.411. The molecule has 0 aliphatic heterocycles. The first-order valence-corrected chi connectivity index (χ1v) is 9.44. The monoisotopic (exact) mass is 442 g/mol. The first-order chi connectivity index (χ1) is 15.3. The Hall–Kier alpha value is -4.08. The molecule has 164 valence electrons. The number of pyridine rings is 1. The van der Waals surface area contributed by atoms with E-state index in [4.69, 9.17) is 4.74 Å². The predicted octanol–water partition coefficient (Wildman–Crippen LogP) is 4.92. The van der Waals surface area contributed by atoms with Crippen LogP contribution in [0.5, 0.6) is 5.75 Å². The van der Waals surface area contributed by atoms with Gasteiger partial charge in [-0.1, -0.05) is 12.1 Å². The average Bonchev–Trinajstić information content (AvgIpc) is 3.20. The van der Waals surface area contributed by atoms with Crippen LogP contribution in [0, 0.1) is 0 Å². The molecule has 0 spiro atoms. The third-order valence-corrected chi connectivity index (χ3v) is 4.55. The van der Waals surface area contributed by atoms with Gasteiger partial charge in [0.05, 0.1) is 23.7 Å².